The largest absolute Gasteiger partial charge is 0.476 e. The Balaban J connectivity index is 1.10. The van der Waals surface area contributed by atoms with Gasteiger partial charge in [0.2, 0.25) is 5.71 Å². The lowest BCUT2D eigenvalue weighted by molar-refractivity contribution is -0.129. The number of aliphatic carboxylic acids is 1. The second-order valence-corrected chi connectivity index (χ2v) is 14.0. The Morgan fingerprint density at radius 1 is 0.643 bits per heavy atom. The van der Waals surface area contributed by atoms with Gasteiger partial charge in [0, 0.05) is 17.1 Å². The smallest absolute Gasteiger partial charge is 0.360 e. The van der Waals surface area contributed by atoms with E-state index in [0.717, 1.165) is 33.4 Å². The van der Waals surface area contributed by atoms with Gasteiger partial charge in [-0.3, -0.25) is 4.68 Å². The molecule has 0 saturated heterocycles. The summed E-state index contributed by atoms with van der Waals surface area (Å²) in [6.45, 7) is -0.0143. The standard InChI is InChI=1S/C47H37N5O3S/c53-44(54)43(42-34-56-45(49-42)50-46(36-19-7-1-8-20-36,37-21-9-2-10-22-37)38-23-11-3-12-24-38)51-55-33-35-31-48-52(32-35)47(39-25-13-4-14-26-39,40-27-15-5-16-28-40)41-29-17-6-18-30-41/h1-32,34H,33H2,(H,49,50)(H,53,54)/b51-43-. The molecule has 56 heavy (non-hydrogen) atoms. The van der Waals surface area contributed by atoms with Crippen LogP contribution in [0.4, 0.5) is 5.13 Å². The first-order valence-corrected chi connectivity index (χ1v) is 19.0. The van der Waals surface area contributed by atoms with Crippen LogP contribution in [0.1, 0.15) is 44.6 Å². The molecule has 0 unspecified atom stereocenters. The van der Waals surface area contributed by atoms with Crippen LogP contribution in [-0.4, -0.2) is 31.6 Å². The van der Waals surface area contributed by atoms with Crippen LogP contribution < -0.4 is 5.32 Å². The fourth-order valence-corrected chi connectivity index (χ4v) is 8.05. The first kappa shape index (κ1) is 35.9. The number of thiazole rings is 1. The number of hydrogen-bond acceptors (Lipinski definition) is 7. The van der Waals surface area contributed by atoms with Crippen molar-refractivity contribution < 1.29 is 14.7 Å². The van der Waals surface area contributed by atoms with Crippen LogP contribution in [-0.2, 0) is 27.3 Å². The number of aromatic nitrogens is 3. The summed E-state index contributed by atoms with van der Waals surface area (Å²) in [5.41, 5.74) is 5.06. The zero-order valence-corrected chi connectivity index (χ0v) is 31.0. The molecule has 2 N–H and O–H groups in total. The van der Waals surface area contributed by atoms with Crippen LogP contribution in [0.25, 0.3) is 0 Å². The Hall–Kier alpha value is -7.10. The van der Waals surface area contributed by atoms with Gasteiger partial charge in [0.05, 0.1) is 6.20 Å². The first-order chi connectivity index (χ1) is 27.6. The van der Waals surface area contributed by atoms with Crippen LogP contribution in [0.2, 0.25) is 0 Å². The summed E-state index contributed by atoms with van der Waals surface area (Å²) in [5.74, 6) is -1.26. The lowest BCUT2D eigenvalue weighted by atomic mass is 9.77. The summed E-state index contributed by atoms with van der Waals surface area (Å²) in [6.07, 6.45) is 3.64. The summed E-state index contributed by atoms with van der Waals surface area (Å²) in [7, 11) is 0. The molecule has 0 atom stereocenters. The molecule has 0 aliphatic heterocycles. The van der Waals surface area contributed by atoms with Crippen molar-refractivity contribution in [2.45, 2.75) is 17.7 Å². The summed E-state index contributed by atoms with van der Waals surface area (Å²) in [6, 6.07) is 61.2. The minimum Gasteiger partial charge on any atom is -0.476 e. The highest BCUT2D eigenvalue weighted by Crippen LogP contribution is 2.42. The third-order valence-electron chi connectivity index (χ3n) is 9.81. The molecule has 0 spiro atoms. The zero-order chi connectivity index (χ0) is 38.2. The number of anilines is 1. The third kappa shape index (κ3) is 6.87. The number of carbonyl (C=O) groups is 1. The van der Waals surface area contributed by atoms with E-state index in [9.17, 15) is 9.90 Å². The van der Waals surface area contributed by atoms with E-state index >= 15 is 0 Å². The van der Waals surface area contributed by atoms with E-state index < -0.39 is 17.0 Å². The Morgan fingerprint density at radius 2 is 1.05 bits per heavy atom. The van der Waals surface area contributed by atoms with E-state index in [1.54, 1.807) is 11.6 Å². The molecular formula is C47H37N5O3S. The normalized spacial score (nSPS) is 11.9. The summed E-state index contributed by atoms with van der Waals surface area (Å²) in [4.78, 5) is 23.1. The Morgan fingerprint density at radius 3 is 1.46 bits per heavy atom. The molecule has 0 aliphatic rings. The molecule has 8 nitrogen and oxygen atoms in total. The Labute approximate surface area is 329 Å². The molecular weight excluding hydrogens is 715 g/mol. The lowest BCUT2D eigenvalue weighted by Gasteiger charge is -2.36. The highest BCUT2D eigenvalue weighted by molar-refractivity contribution is 7.14. The number of nitrogens with zero attached hydrogens (tertiary/aromatic N) is 4. The van der Waals surface area contributed by atoms with Crippen molar-refractivity contribution in [3.63, 3.8) is 0 Å². The molecule has 6 aromatic carbocycles. The van der Waals surface area contributed by atoms with Gasteiger partial charge in [-0.1, -0.05) is 187 Å². The maximum atomic E-state index is 12.6. The lowest BCUT2D eigenvalue weighted by Crippen LogP contribution is -2.38. The average Bonchev–Trinajstić information content (AvgIpc) is 3.94. The monoisotopic (exact) mass is 751 g/mol. The molecule has 2 heterocycles. The van der Waals surface area contributed by atoms with Crippen LogP contribution in [0.5, 0.6) is 0 Å². The van der Waals surface area contributed by atoms with E-state index in [-0.39, 0.29) is 18.0 Å². The molecule has 9 heteroatoms. The fraction of sp³-hybridized carbons (Fsp3) is 0.0638. The van der Waals surface area contributed by atoms with Crippen molar-refractivity contribution in [3.8, 4) is 0 Å². The molecule has 2 aromatic heterocycles. The number of nitrogens with one attached hydrogen (secondary N) is 1. The van der Waals surface area contributed by atoms with Crippen LogP contribution >= 0.6 is 11.3 Å². The molecule has 8 rings (SSSR count). The van der Waals surface area contributed by atoms with E-state index in [1.807, 2.05) is 120 Å². The van der Waals surface area contributed by atoms with Gasteiger partial charge >= 0.3 is 5.97 Å². The molecule has 0 bridgehead atoms. The summed E-state index contributed by atoms with van der Waals surface area (Å²) < 4.78 is 1.93. The maximum absolute atomic E-state index is 12.6. The van der Waals surface area contributed by atoms with Crippen LogP contribution in [0.3, 0.4) is 0 Å². The minimum atomic E-state index is -1.26. The topological polar surface area (TPSA) is 102 Å². The van der Waals surface area contributed by atoms with Gasteiger partial charge in [0.25, 0.3) is 0 Å². The average molecular weight is 752 g/mol. The molecule has 0 amide bonds. The van der Waals surface area contributed by atoms with Crippen molar-refractivity contribution in [1.82, 2.24) is 14.8 Å². The van der Waals surface area contributed by atoms with E-state index in [0.29, 0.717) is 10.7 Å². The first-order valence-electron chi connectivity index (χ1n) is 18.1. The van der Waals surface area contributed by atoms with E-state index in [1.165, 1.54) is 11.3 Å². The van der Waals surface area contributed by atoms with Gasteiger partial charge in [-0.25, -0.2) is 9.78 Å². The van der Waals surface area contributed by atoms with Crippen molar-refractivity contribution in [2.75, 3.05) is 5.32 Å². The maximum Gasteiger partial charge on any atom is 0.360 e. The number of benzene rings is 6. The number of hydrogen-bond donors (Lipinski definition) is 2. The third-order valence-corrected chi connectivity index (χ3v) is 10.6. The van der Waals surface area contributed by atoms with Crippen molar-refractivity contribution in [2.24, 2.45) is 5.16 Å². The van der Waals surface area contributed by atoms with Crippen LogP contribution in [0.15, 0.2) is 205 Å². The van der Waals surface area contributed by atoms with Gasteiger partial charge in [0.15, 0.2) is 5.13 Å². The highest BCUT2D eigenvalue weighted by atomic mass is 32.1. The quantitative estimate of drug-likeness (QED) is 0.0652. The zero-order valence-electron chi connectivity index (χ0n) is 30.2. The SMILES string of the molecule is O=C(O)/C(=N\OCc1cnn(C(c2ccccc2)(c2ccccc2)c2ccccc2)c1)c1csc(NC(c2ccccc2)(c2ccccc2)c2ccccc2)n1. The molecule has 0 radical (unpaired) electrons. The Bertz CT molecular complexity index is 2330. The number of carboxylic acid groups (broad SMARTS) is 1. The molecule has 0 saturated carbocycles. The van der Waals surface area contributed by atoms with Crippen LogP contribution in [0, 0.1) is 0 Å². The second-order valence-electron chi connectivity index (χ2n) is 13.1. The van der Waals surface area contributed by atoms with Gasteiger partial charge in [-0.2, -0.15) is 5.10 Å². The van der Waals surface area contributed by atoms with Crippen molar-refractivity contribution in [3.05, 3.63) is 244 Å². The molecule has 274 valence electrons. The number of rotatable bonds is 14. The van der Waals surface area contributed by atoms with Gasteiger partial charge in [-0.05, 0) is 33.4 Å². The van der Waals surface area contributed by atoms with Crippen molar-refractivity contribution in [1.29, 1.82) is 0 Å². The van der Waals surface area contributed by atoms with Crippen molar-refractivity contribution >= 4 is 28.1 Å². The second kappa shape index (κ2) is 16.1. The summed E-state index contributed by atoms with van der Waals surface area (Å²) in [5, 5.41) is 25.2. The predicted octanol–water partition coefficient (Wildman–Crippen LogP) is 9.59. The number of oxime groups is 1. The molecule has 0 fully saturated rings. The van der Waals surface area contributed by atoms with E-state index in [4.69, 9.17) is 14.9 Å². The molecule has 8 aromatic rings. The van der Waals surface area contributed by atoms with Gasteiger partial charge in [0.1, 0.15) is 23.4 Å². The highest BCUT2D eigenvalue weighted by Gasteiger charge is 2.40. The van der Waals surface area contributed by atoms with Gasteiger partial charge < -0.3 is 15.3 Å². The molecule has 0 aliphatic carbocycles. The minimum absolute atomic E-state index is 0.0143. The van der Waals surface area contributed by atoms with E-state index in [2.05, 4.69) is 83.3 Å². The van der Waals surface area contributed by atoms with Gasteiger partial charge in [-0.15, -0.1) is 11.3 Å². The predicted molar refractivity (Wildman–Crippen MR) is 221 cm³/mol. The number of carboxylic acids is 1. The summed E-state index contributed by atoms with van der Waals surface area (Å²) >= 11 is 1.30. The Kier molecular flexibility index (Phi) is 10.3. The fourth-order valence-electron chi connectivity index (χ4n) is 7.30.